The molecule has 3 aromatic carbocycles. The first kappa shape index (κ1) is 33.6. The van der Waals surface area contributed by atoms with Crippen LogP contribution >= 0.6 is 0 Å². The highest BCUT2D eigenvalue weighted by Crippen LogP contribution is 2.38. The van der Waals surface area contributed by atoms with Crippen molar-refractivity contribution in [2.24, 2.45) is 0 Å². The molecule has 0 bridgehead atoms. The number of benzene rings is 3. The highest BCUT2D eigenvalue weighted by Gasteiger charge is 2.26. The summed E-state index contributed by atoms with van der Waals surface area (Å²) in [4.78, 5) is 13.5. The quantitative estimate of drug-likeness (QED) is 0.136. The zero-order valence-corrected chi connectivity index (χ0v) is 28.2. The smallest absolute Gasteiger partial charge is 0.270 e. The van der Waals surface area contributed by atoms with Crippen LogP contribution in [0.2, 0.25) is 0 Å². The minimum absolute atomic E-state index is 0.0134. The summed E-state index contributed by atoms with van der Waals surface area (Å²) in [7, 11) is 3.22. The molecule has 0 spiro atoms. The number of hydrogen-bond acceptors (Lipinski definition) is 5. The highest BCUT2D eigenvalue weighted by molar-refractivity contribution is 5.94. The Morgan fingerprint density at radius 2 is 1.56 bits per heavy atom. The van der Waals surface area contributed by atoms with Gasteiger partial charge < -0.3 is 19.5 Å². The van der Waals surface area contributed by atoms with Crippen LogP contribution in [0.4, 0.5) is 0 Å². The van der Waals surface area contributed by atoms with Gasteiger partial charge in [0.15, 0.2) is 0 Å². The van der Waals surface area contributed by atoms with E-state index < -0.39 is 0 Å². The average molecular weight is 612 g/mol. The summed E-state index contributed by atoms with van der Waals surface area (Å²) in [6.07, 6.45) is 3.71. The molecule has 0 saturated heterocycles. The van der Waals surface area contributed by atoms with E-state index in [4.69, 9.17) is 19.3 Å². The average Bonchev–Trinajstić information content (AvgIpc) is 3.51. The molecule has 0 atom stereocenters. The largest absolute Gasteiger partial charge is 0.497 e. The first-order chi connectivity index (χ1) is 21.5. The van der Waals surface area contributed by atoms with Crippen molar-refractivity contribution in [2.45, 2.75) is 78.1 Å². The summed E-state index contributed by atoms with van der Waals surface area (Å²) in [5.74, 6) is 2.07. The number of para-hydroxylation sites is 1. The van der Waals surface area contributed by atoms with E-state index in [1.165, 1.54) is 11.1 Å². The molecule has 45 heavy (non-hydrogen) atoms. The summed E-state index contributed by atoms with van der Waals surface area (Å²) in [5, 5.41) is 7.89. The maximum atomic E-state index is 13.5. The van der Waals surface area contributed by atoms with Crippen LogP contribution in [0.25, 0.3) is 16.9 Å². The van der Waals surface area contributed by atoms with Crippen LogP contribution in [0.15, 0.2) is 72.8 Å². The minimum atomic E-state index is -0.188. The van der Waals surface area contributed by atoms with Gasteiger partial charge in [0.05, 0.1) is 32.2 Å². The van der Waals surface area contributed by atoms with E-state index in [0.717, 1.165) is 42.7 Å². The van der Waals surface area contributed by atoms with Gasteiger partial charge in [0.2, 0.25) is 0 Å². The molecule has 4 aromatic rings. The molecule has 1 aromatic heterocycles. The molecule has 7 heteroatoms. The molecule has 0 radical (unpaired) electrons. The van der Waals surface area contributed by atoms with Crippen LogP contribution in [0.5, 0.6) is 17.2 Å². The molecule has 0 aliphatic rings. The second-order valence-electron chi connectivity index (χ2n) is 12.7. The Kier molecular flexibility index (Phi) is 11.0. The number of unbranched alkanes of at least 4 members (excludes halogenated alkanes) is 1. The molecule has 240 valence electrons. The van der Waals surface area contributed by atoms with Gasteiger partial charge in [-0.25, -0.2) is 4.68 Å². The van der Waals surface area contributed by atoms with Crippen molar-refractivity contribution >= 4 is 5.91 Å². The van der Waals surface area contributed by atoms with Gasteiger partial charge >= 0.3 is 0 Å². The first-order valence-electron chi connectivity index (χ1n) is 16.0. The number of methoxy groups -OCH3 is 2. The molecule has 0 unspecified atom stereocenters. The van der Waals surface area contributed by atoms with Gasteiger partial charge in [-0.3, -0.25) is 4.79 Å². The van der Waals surface area contributed by atoms with E-state index >= 15 is 0 Å². The molecule has 0 aliphatic heterocycles. The van der Waals surface area contributed by atoms with Crippen molar-refractivity contribution in [2.75, 3.05) is 27.4 Å². The van der Waals surface area contributed by atoms with Crippen molar-refractivity contribution in [1.29, 1.82) is 0 Å². The molecular weight excluding hydrogens is 562 g/mol. The van der Waals surface area contributed by atoms with E-state index in [0.29, 0.717) is 36.0 Å². The molecule has 0 aliphatic carbocycles. The zero-order chi connectivity index (χ0) is 32.6. The summed E-state index contributed by atoms with van der Waals surface area (Å²) in [6, 6.07) is 23.7. The van der Waals surface area contributed by atoms with E-state index in [2.05, 4.69) is 65.1 Å². The number of hydrogen-bond donors (Lipinski definition) is 1. The standard InChI is InChI=1S/C38H49N3O4/c1-9-37(3,4)27-18-21-34(31(24-27)38(5,6)10-2)45-23-15-14-22-39-36(42)33-26-32(40-41(33)28-16-12-11-13-17-28)30-20-19-29(43-7)25-35(30)44-8/h11-13,16-21,24-26H,9-10,14-15,22-23H2,1-8H3,(H,39,42). The van der Waals surface area contributed by atoms with Gasteiger partial charge in [-0.15, -0.1) is 0 Å². The van der Waals surface area contributed by atoms with Crippen LogP contribution in [0.1, 0.15) is 88.8 Å². The zero-order valence-electron chi connectivity index (χ0n) is 28.2. The molecular formula is C38H49N3O4. The molecule has 0 saturated carbocycles. The predicted octanol–water partition coefficient (Wildman–Crippen LogP) is 8.52. The van der Waals surface area contributed by atoms with Crippen LogP contribution < -0.4 is 19.5 Å². The number of carbonyl (C=O) groups excluding carboxylic acids is 1. The first-order valence-corrected chi connectivity index (χ1v) is 16.0. The number of rotatable bonds is 15. The molecule has 7 nitrogen and oxygen atoms in total. The summed E-state index contributed by atoms with van der Waals surface area (Å²) >= 11 is 0. The number of nitrogens with zero attached hydrogens (tertiary/aromatic N) is 2. The Labute approximate surface area is 268 Å². The Bertz CT molecular complexity index is 1570. The Morgan fingerprint density at radius 1 is 0.822 bits per heavy atom. The molecule has 4 rings (SSSR count). The fourth-order valence-electron chi connectivity index (χ4n) is 5.15. The lowest BCUT2D eigenvalue weighted by Crippen LogP contribution is -2.27. The maximum Gasteiger partial charge on any atom is 0.270 e. The second kappa shape index (κ2) is 14.7. The highest BCUT2D eigenvalue weighted by atomic mass is 16.5. The molecule has 1 heterocycles. The minimum Gasteiger partial charge on any atom is -0.497 e. The monoisotopic (exact) mass is 611 g/mol. The van der Waals surface area contributed by atoms with Crippen molar-refractivity contribution in [3.63, 3.8) is 0 Å². The number of ether oxygens (including phenoxy) is 3. The lowest BCUT2D eigenvalue weighted by Gasteiger charge is -2.30. The van der Waals surface area contributed by atoms with Crippen LogP contribution in [0.3, 0.4) is 0 Å². The maximum absolute atomic E-state index is 13.5. The van der Waals surface area contributed by atoms with Crippen molar-refractivity contribution in [3.8, 4) is 34.2 Å². The third kappa shape index (κ3) is 7.88. The van der Waals surface area contributed by atoms with Gasteiger partial charge in [-0.2, -0.15) is 5.10 Å². The molecule has 1 amide bonds. The topological polar surface area (TPSA) is 74.6 Å². The summed E-state index contributed by atoms with van der Waals surface area (Å²) in [5.41, 5.74) is 5.40. The van der Waals surface area contributed by atoms with Gasteiger partial charge in [0, 0.05) is 23.7 Å². The summed E-state index contributed by atoms with van der Waals surface area (Å²) < 4.78 is 19.0. The van der Waals surface area contributed by atoms with Crippen LogP contribution in [0, 0.1) is 0 Å². The molecule has 0 fully saturated rings. The van der Waals surface area contributed by atoms with Crippen molar-refractivity contribution in [1.82, 2.24) is 15.1 Å². The van der Waals surface area contributed by atoms with Gasteiger partial charge in [-0.1, -0.05) is 71.9 Å². The Hall–Kier alpha value is -4.26. The molecule has 1 N–H and O–H groups in total. The van der Waals surface area contributed by atoms with Crippen molar-refractivity contribution < 1.29 is 19.0 Å². The lowest BCUT2D eigenvalue weighted by molar-refractivity contribution is 0.0944. The second-order valence-corrected chi connectivity index (χ2v) is 12.7. The SMILES string of the molecule is CCC(C)(C)c1ccc(OCCCCNC(=O)c2cc(-c3ccc(OC)cc3OC)nn2-c2ccccc2)c(C(C)(C)CC)c1. The third-order valence-electron chi connectivity index (χ3n) is 9.00. The summed E-state index contributed by atoms with van der Waals surface area (Å²) in [6.45, 7) is 14.7. The van der Waals surface area contributed by atoms with Gasteiger partial charge in [0.1, 0.15) is 22.9 Å². The normalized spacial score (nSPS) is 11.7. The van der Waals surface area contributed by atoms with Crippen LogP contribution in [-0.4, -0.2) is 43.1 Å². The van der Waals surface area contributed by atoms with E-state index in [-0.39, 0.29) is 16.7 Å². The lowest BCUT2D eigenvalue weighted by atomic mass is 9.76. The van der Waals surface area contributed by atoms with Gasteiger partial charge in [-0.05, 0) is 78.5 Å². The third-order valence-corrected chi connectivity index (χ3v) is 9.00. The van der Waals surface area contributed by atoms with Crippen LogP contribution in [-0.2, 0) is 10.8 Å². The Morgan fingerprint density at radius 3 is 2.22 bits per heavy atom. The fourth-order valence-corrected chi connectivity index (χ4v) is 5.15. The number of nitrogens with one attached hydrogen (secondary N) is 1. The van der Waals surface area contributed by atoms with E-state index in [1.807, 2.05) is 48.5 Å². The van der Waals surface area contributed by atoms with E-state index in [9.17, 15) is 4.79 Å². The fraction of sp³-hybridized carbons (Fsp3) is 0.421. The van der Waals surface area contributed by atoms with Gasteiger partial charge in [0.25, 0.3) is 5.91 Å². The number of amides is 1. The Balaban J connectivity index is 1.43. The number of aromatic nitrogens is 2. The van der Waals surface area contributed by atoms with E-state index in [1.54, 1.807) is 25.0 Å². The number of carbonyl (C=O) groups is 1. The predicted molar refractivity (Wildman–Crippen MR) is 182 cm³/mol. The van der Waals surface area contributed by atoms with Crippen molar-refractivity contribution in [3.05, 3.63) is 89.6 Å².